The molecule has 2 aromatic rings. The molecule has 0 atom stereocenters. The van der Waals surface area contributed by atoms with Crippen LogP contribution in [0.2, 0.25) is 0 Å². The predicted molar refractivity (Wildman–Crippen MR) is 101 cm³/mol. The highest BCUT2D eigenvalue weighted by molar-refractivity contribution is 7.89. The third-order valence-corrected chi connectivity index (χ3v) is 5.90. The van der Waals surface area contributed by atoms with Crippen molar-refractivity contribution in [3.05, 3.63) is 47.3 Å². The van der Waals surface area contributed by atoms with Gasteiger partial charge in [0.05, 0.1) is 11.4 Å². The van der Waals surface area contributed by atoms with Gasteiger partial charge < -0.3 is 4.57 Å². The van der Waals surface area contributed by atoms with Crippen molar-refractivity contribution in [2.24, 2.45) is 5.14 Å². The van der Waals surface area contributed by atoms with Gasteiger partial charge in [0.15, 0.2) is 5.78 Å². The molecule has 6 nitrogen and oxygen atoms in total. The molecular formula is C19H25N3O3S. The lowest BCUT2D eigenvalue weighted by atomic mass is 10.1. The van der Waals surface area contributed by atoms with Crippen LogP contribution in [0.3, 0.4) is 0 Å². The van der Waals surface area contributed by atoms with E-state index >= 15 is 0 Å². The average molecular weight is 375 g/mol. The van der Waals surface area contributed by atoms with Gasteiger partial charge in [-0.25, -0.2) is 13.6 Å². The topological polar surface area (TPSA) is 85.4 Å². The molecule has 1 aliphatic heterocycles. The van der Waals surface area contributed by atoms with Crippen molar-refractivity contribution in [2.45, 2.75) is 38.0 Å². The summed E-state index contributed by atoms with van der Waals surface area (Å²) in [6.07, 6.45) is 3.55. The van der Waals surface area contributed by atoms with E-state index in [9.17, 15) is 13.2 Å². The molecule has 7 heteroatoms. The van der Waals surface area contributed by atoms with Crippen LogP contribution in [-0.4, -0.2) is 43.3 Å². The van der Waals surface area contributed by atoms with Gasteiger partial charge in [0.1, 0.15) is 0 Å². The first-order valence-electron chi connectivity index (χ1n) is 8.85. The number of carbonyl (C=O) groups excluding carboxylic acids is 1. The highest BCUT2D eigenvalue weighted by Crippen LogP contribution is 2.23. The van der Waals surface area contributed by atoms with E-state index in [1.54, 1.807) is 12.1 Å². The molecule has 0 amide bonds. The first-order valence-corrected chi connectivity index (χ1v) is 10.4. The van der Waals surface area contributed by atoms with Crippen molar-refractivity contribution in [3.63, 3.8) is 0 Å². The standard InChI is InChI=1S/C19H25N3O3S/c1-14-12-18(19(23)13-21-10-4-3-5-11-21)15(2)22(14)16-6-8-17(9-7-16)26(20,24)25/h6-9,12H,3-5,10-11,13H2,1-2H3,(H2,20,24,25). The van der Waals surface area contributed by atoms with Gasteiger partial charge in [-0.2, -0.15) is 0 Å². The summed E-state index contributed by atoms with van der Waals surface area (Å²) < 4.78 is 24.8. The highest BCUT2D eigenvalue weighted by atomic mass is 32.2. The van der Waals surface area contributed by atoms with Crippen LogP contribution in [0.15, 0.2) is 35.2 Å². The van der Waals surface area contributed by atoms with E-state index in [4.69, 9.17) is 5.14 Å². The number of ketones is 1. The summed E-state index contributed by atoms with van der Waals surface area (Å²) in [6, 6.07) is 8.30. The highest BCUT2D eigenvalue weighted by Gasteiger charge is 2.20. The number of primary sulfonamides is 1. The Morgan fingerprint density at radius 1 is 1.08 bits per heavy atom. The van der Waals surface area contributed by atoms with Crippen LogP contribution in [0.1, 0.15) is 41.0 Å². The van der Waals surface area contributed by atoms with Crippen molar-refractivity contribution in [3.8, 4) is 5.69 Å². The Bertz CT molecular complexity index is 908. The molecular weight excluding hydrogens is 350 g/mol. The van der Waals surface area contributed by atoms with E-state index in [2.05, 4.69) is 4.90 Å². The number of rotatable bonds is 5. The zero-order valence-corrected chi connectivity index (χ0v) is 16.1. The molecule has 26 heavy (non-hydrogen) atoms. The Labute approximate surface area is 154 Å². The Kier molecular flexibility index (Phi) is 5.32. The fraction of sp³-hybridized carbons (Fsp3) is 0.421. The maximum absolute atomic E-state index is 12.8. The summed E-state index contributed by atoms with van der Waals surface area (Å²) in [5, 5.41) is 5.15. The van der Waals surface area contributed by atoms with Crippen LogP contribution in [0, 0.1) is 13.8 Å². The SMILES string of the molecule is Cc1cc(C(=O)CN2CCCCC2)c(C)n1-c1ccc(S(N)(=O)=O)cc1. The quantitative estimate of drug-likeness (QED) is 0.813. The monoisotopic (exact) mass is 375 g/mol. The largest absolute Gasteiger partial charge is 0.318 e. The number of sulfonamides is 1. The van der Waals surface area contributed by atoms with Gasteiger partial charge in [0, 0.05) is 22.6 Å². The molecule has 2 heterocycles. The number of nitrogens with two attached hydrogens (primary N) is 1. The van der Waals surface area contributed by atoms with Gasteiger partial charge in [0.25, 0.3) is 0 Å². The summed E-state index contributed by atoms with van der Waals surface area (Å²) in [6.45, 7) is 6.29. The molecule has 2 N–H and O–H groups in total. The number of likely N-dealkylation sites (tertiary alicyclic amines) is 1. The predicted octanol–water partition coefficient (Wildman–Crippen LogP) is 2.41. The van der Waals surface area contributed by atoms with Crippen molar-refractivity contribution >= 4 is 15.8 Å². The van der Waals surface area contributed by atoms with Crippen molar-refractivity contribution in [1.29, 1.82) is 0 Å². The smallest absolute Gasteiger partial charge is 0.238 e. The molecule has 1 aliphatic rings. The van der Waals surface area contributed by atoms with Gasteiger partial charge in [-0.1, -0.05) is 6.42 Å². The van der Waals surface area contributed by atoms with Crippen LogP contribution in [-0.2, 0) is 10.0 Å². The molecule has 3 rings (SSSR count). The van der Waals surface area contributed by atoms with Crippen LogP contribution in [0.4, 0.5) is 0 Å². The minimum absolute atomic E-state index is 0.0742. The van der Waals surface area contributed by atoms with Crippen molar-refractivity contribution < 1.29 is 13.2 Å². The first kappa shape index (κ1) is 18.8. The summed E-state index contributed by atoms with van der Waals surface area (Å²) in [4.78, 5) is 15.1. The number of aryl methyl sites for hydroxylation is 1. The summed E-state index contributed by atoms with van der Waals surface area (Å²) >= 11 is 0. The van der Waals surface area contributed by atoms with Crippen molar-refractivity contribution in [1.82, 2.24) is 9.47 Å². The molecule has 1 fully saturated rings. The van der Waals surface area contributed by atoms with Gasteiger partial charge in [0.2, 0.25) is 10.0 Å². The zero-order chi connectivity index (χ0) is 18.9. The molecule has 0 unspecified atom stereocenters. The van der Waals surface area contributed by atoms with E-state index in [1.807, 2.05) is 24.5 Å². The third-order valence-electron chi connectivity index (χ3n) is 4.97. The third kappa shape index (κ3) is 3.90. The molecule has 1 aromatic heterocycles. The fourth-order valence-corrected chi connectivity index (χ4v) is 4.15. The Morgan fingerprint density at radius 2 is 1.69 bits per heavy atom. The number of Topliss-reactive ketones (excluding diaryl/α,β-unsaturated/α-hetero) is 1. The van der Waals surface area contributed by atoms with Gasteiger partial charge in [-0.15, -0.1) is 0 Å². The molecule has 0 radical (unpaired) electrons. The van der Waals surface area contributed by atoms with Crippen LogP contribution >= 0.6 is 0 Å². The summed E-state index contributed by atoms with van der Waals surface area (Å²) in [7, 11) is -3.72. The van der Waals surface area contributed by atoms with Gasteiger partial charge in [-0.05, 0) is 70.1 Å². The maximum Gasteiger partial charge on any atom is 0.238 e. The lowest BCUT2D eigenvalue weighted by Gasteiger charge is -2.25. The lowest BCUT2D eigenvalue weighted by molar-refractivity contribution is 0.0915. The second-order valence-corrected chi connectivity index (χ2v) is 8.48. The van der Waals surface area contributed by atoms with E-state index in [-0.39, 0.29) is 10.7 Å². The molecule has 0 spiro atoms. The van der Waals surface area contributed by atoms with E-state index in [1.165, 1.54) is 18.6 Å². The summed E-state index contributed by atoms with van der Waals surface area (Å²) in [5.74, 6) is 0.132. The minimum atomic E-state index is -3.72. The maximum atomic E-state index is 12.8. The van der Waals surface area contributed by atoms with E-state index < -0.39 is 10.0 Å². The zero-order valence-electron chi connectivity index (χ0n) is 15.2. The molecule has 0 saturated carbocycles. The molecule has 1 aromatic carbocycles. The number of nitrogens with zero attached hydrogens (tertiary/aromatic N) is 2. The van der Waals surface area contributed by atoms with Gasteiger partial charge >= 0.3 is 0 Å². The first-order chi connectivity index (χ1) is 12.3. The van der Waals surface area contributed by atoms with Crippen LogP contribution in [0.25, 0.3) is 5.69 Å². The second kappa shape index (κ2) is 7.34. The molecule has 1 saturated heterocycles. The normalized spacial score (nSPS) is 16.0. The molecule has 0 bridgehead atoms. The van der Waals surface area contributed by atoms with Crippen LogP contribution < -0.4 is 5.14 Å². The Hall–Kier alpha value is -1.96. The van der Waals surface area contributed by atoms with E-state index in [0.717, 1.165) is 48.6 Å². The number of hydrogen-bond acceptors (Lipinski definition) is 4. The number of aromatic nitrogens is 1. The molecule has 140 valence electrons. The Morgan fingerprint density at radius 3 is 2.27 bits per heavy atom. The van der Waals surface area contributed by atoms with Gasteiger partial charge in [-0.3, -0.25) is 9.69 Å². The number of hydrogen-bond donors (Lipinski definition) is 1. The number of carbonyl (C=O) groups is 1. The number of piperidine rings is 1. The Balaban J connectivity index is 1.86. The summed E-state index contributed by atoms with van der Waals surface area (Å²) in [5.41, 5.74) is 3.34. The lowest BCUT2D eigenvalue weighted by Crippen LogP contribution is -2.34. The number of benzene rings is 1. The van der Waals surface area contributed by atoms with E-state index in [0.29, 0.717) is 6.54 Å². The average Bonchev–Trinajstić information content (AvgIpc) is 2.90. The minimum Gasteiger partial charge on any atom is -0.318 e. The fourth-order valence-electron chi connectivity index (χ4n) is 3.63. The van der Waals surface area contributed by atoms with Crippen molar-refractivity contribution in [2.75, 3.05) is 19.6 Å². The van der Waals surface area contributed by atoms with Crippen LogP contribution in [0.5, 0.6) is 0 Å². The second-order valence-electron chi connectivity index (χ2n) is 6.92. The molecule has 0 aliphatic carbocycles.